The van der Waals surface area contributed by atoms with Gasteiger partial charge >= 0.3 is 5.91 Å². The van der Waals surface area contributed by atoms with Crippen molar-refractivity contribution in [2.75, 3.05) is 26.0 Å². The standard InChI is InChI=1S/C19H28N4O3S/c1-12(20)16(27)11-26-13-4-5-15(21)14(10-13)17(22-2)18(25)23-19(8-9-24)6-3-7-19/h4-5,10,24,27H,3,6-9,11,20-21H2,1-2H3,(H,23,25)/p+1/b16-12-,22-17?. The number of nitrogen functional groups attached to an aromatic ring is 1. The molecular formula is C19H29N4O3S+. The molecule has 1 aliphatic rings. The van der Waals surface area contributed by atoms with Crippen molar-refractivity contribution in [3.8, 4) is 5.75 Å². The highest BCUT2D eigenvalue weighted by Gasteiger charge is 2.39. The number of rotatable bonds is 8. The Morgan fingerprint density at radius 2 is 2.15 bits per heavy atom. The molecule has 0 aromatic heterocycles. The smallest absolute Gasteiger partial charge is 0.316 e. The van der Waals surface area contributed by atoms with Gasteiger partial charge in [-0.2, -0.15) is 0 Å². The van der Waals surface area contributed by atoms with Crippen LogP contribution in [0, 0.1) is 0 Å². The largest absolute Gasteiger partial charge is 0.488 e. The minimum Gasteiger partial charge on any atom is -0.488 e. The van der Waals surface area contributed by atoms with Gasteiger partial charge in [0.2, 0.25) is 0 Å². The van der Waals surface area contributed by atoms with Crippen LogP contribution in [0.15, 0.2) is 28.8 Å². The summed E-state index contributed by atoms with van der Waals surface area (Å²) in [5.74, 6) is 0.309. The molecule has 27 heavy (non-hydrogen) atoms. The van der Waals surface area contributed by atoms with Crippen molar-refractivity contribution in [1.82, 2.24) is 5.32 Å². The zero-order chi connectivity index (χ0) is 20.0. The van der Waals surface area contributed by atoms with Crippen LogP contribution in [0.4, 0.5) is 5.69 Å². The van der Waals surface area contributed by atoms with Crippen molar-refractivity contribution in [3.63, 3.8) is 0 Å². The molecule has 1 fully saturated rings. The quantitative estimate of drug-likeness (QED) is 0.205. The summed E-state index contributed by atoms with van der Waals surface area (Å²) in [7, 11) is 1.67. The van der Waals surface area contributed by atoms with E-state index in [4.69, 9.17) is 16.2 Å². The summed E-state index contributed by atoms with van der Waals surface area (Å²) in [6.45, 7) is 2.02. The molecular weight excluding hydrogens is 364 g/mol. The first kappa shape index (κ1) is 21.1. The molecule has 0 spiro atoms. The van der Waals surface area contributed by atoms with Gasteiger partial charge in [-0.25, -0.2) is 4.99 Å². The number of aliphatic hydroxyl groups excluding tert-OH is 1. The molecule has 0 heterocycles. The summed E-state index contributed by atoms with van der Waals surface area (Å²) in [6.07, 6.45) is 3.32. The Bertz CT molecular complexity index is 753. The number of nitrogens with two attached hydrogens (primary N) is 2. The predicted molar refractivity (Wildman–Crippen MR) is 110 cm³/mol. The Morgan fingerprint density at radius 1 is 1.44 bits per heavy atom. The number of nitrogens with one attached hydrogen (secondary N) is 2. The number of hydrogen-bond donors (Lipinski definition) is 6. The van der Waals surface area contributed by atoms with Gasteiger partial charge in [0.05, 0.1) is 5.56 Å². The van der Waals surface area contributed by atoms with Gasteiger partial charge in [-0.05, 0) is 50.8 Å². The van der Waals surface area contributed by atoms with E-state index in [1.54, 1.807) is 32.2 Å². The molecule has 0 atom stereocenters. The van der Waals surface area contributed by atoms with Crippen molar-refractivity contribution >= 4 is 29.9 Å². The second kappa shape index (κ2) is 9.14. The van der Waals surface area contributed by atoms with Crippen LogP contribution in [0.2, 0.25) is 0 Å². The molecule has 1 aromatic rings. The minimum absolute atomic E-state index is 0.0424. The van der Waals surface area contributed by atoms with Gasteiger partial charge in [-0.3, -0.25) is 4.79 Å². The number of carbonyl (C=O) groups is 1. The van der Waals surface area contributed by atoms with Gasteiger partial charge in [0, 0.05) is 28.4 Å². The number of benzene rings is 1. The molecule has 0 radical (unpaired) electrons. The molecule has 1 aliphatic carbocycles. The molecule has 8 heteroatoms. The first-order chi connectivity index (χ1) is 12.8. The number of carbonyl (C=O) groups excluding carboxylic acids is 1. The van der Waals surface area contributed by atoms with Crippen molar-refractivity contribution in [1.29, 1.82) is 0 Å². The highest BCUT2D eigenvalue weighted by atomic mass is 32.1. The average molecular weight is 394 g/mol. The molecule has 1 aromatic carbocycles. The number of hydrogen-bond acceptors (Lipinski definition) is 6. The normalized spacial score (nSPS) is 17.0. The van der Waals surface area contributed by atoms with Crippen molar-refractivity contribution < 1.29 is 19.6 Å². The van der Waals surface area contributed by atoms with Crippen LogP contribution in [-0.4, -0.2) is 42.5 Å². The third-order valence-corrected chi connectivity index (χ3v) is 5.36. The zero-order valence-corrected chi connectivity index (χ0v) is 16.7. The molecule has 0 saturated heterocycles. The first-order valence-corrected chi connectivity index (χ1v) is 9.41. The Kier molecular flexibility index (Phi) is 7.15. The van der Waals surface area contributed by atoms with Crippen LogP contribution in [-0.2, 0) is 4.79 Å². The van der Waals surface area contributed by atoms with E-state index in [-0.39, 0.29) is 24.7 Å². The van der Waals surface area contributed by atoms with Crippen LogP contribution < -0.4 is 26.5 Å². The van der Waals surface area contributed by atoms with E-state index in [1.807, 2.05) is 0 Å². The van der Waals surface area contributed by atoms with Crippen LogP contribution in [0.1, 0.15) is 38.2 Å². The lowest BCUT2D eigenvalue weighted by Crippen LogP contribution is -2.73. The number of amides is 1. The van der Waals surface area contributed by atoms with Gasteiger partial charge < -0.3 is 26.6 Å². The minimum atomic E-state index is -0.332. The molecule has 0 bridgehead atoms. The fourth-order valence-corrected chi connectivity index (χ4v) is 3.10. The van der Waals surface area contributed by atoms with E-state index >= 15 is 0 Å². The van der Waals surface area contributed by atoms with Crippen molar-refractivity contribution in [3.05, 3.63) is 34.4 Å². The number of ether oxygens (including phenoxy) is 1. The van der Waals surface area contributed by atoms with Gasteiger partial charge in [-0.15, -0.1) is 12.6 Å². The second-order valence-corrected chi connectivity index (χ2v) is 7.39. The van der Waals surface area contributed by atoms with Crippen molar-refractivity contribution in [2.24, 2.45) is 5.73 Å². The summed E-state index contributed by atoms with van der Waals surface area (Å²) in [6, 6.07) is 5.14. The summed E-state index contributed by atoms with van der Waals surface area (Å²) in [5.41, 5.74) is 13.4. The average Bonchev–Trinajstić information content (AvgIpc) is 2.60. The van der Waals surface area contributed by atoms with Crippen LogP contribution in [0.25, 0.3) is 0 Å². The Labute approximate surface area is 165 Å². The van der Waals surface area contributed by atoms with E-state index in [9.17, 15) is 9.90 Å². The third kappa shape index (κ3) is 5.17. The number of thiol groups is 1. The van der Waals surface area contributed by atoms with Gasteiger partial charge in [0.15, 0.2) is 0 Å². The molecule has 148 valence electrons. The third-order valence-electron chi connectivity index (χ3n) is 4.88. The van der Waals surface area contributed by atoms with E-state index < -0.39 is 0 Å². The van der Waals surface area contributed by atoms with E-state index in [2.05, 4.69) is 22.9 Å². The molecule has 2 rings (SSSR count). The van der Waals surface area contributed by atoms with Crippen LogP contribution >= 0.6 is 12.6 Å². The number of aliphatic hydroxyl groups is 1. The van der Waals surface area contributed by atoms with E-state index in [1.165, 1.54) is 0 Å². The lowest BCUT2D eigenvalue weighted by atomic mass is 9.74. The molecule has 7 N–H and O–H groups in total. The lowest BCUT2D eigenvalue weighted by molar-refractivity contribution is -0.418. The molecule has 1 amide bonds. The maximum atomic E-state index is 12.9. The molecule has 7 nitrogen and oxygen atoms in total. The van der Waals surface area contributed by atoms with E-state index in [0.29, 0.717) is 39.7 Å². The Hall–Kier alpha value is -2.19. The molecule has 0 unspecified atom stereocenters. The SMILES string of the molecule is C[NH+]=C(C(=O)NC1(CCO)CCC1)c1cc(OC/C(S)=C(\C)N)ccc1N. The summed E-state index contributed by atoms with van der Waals surface area (Å²) in [4.78, 5) is 16.4. The fraction of sp³-hybridized carbons (Fsp3) is 0.474. The van der Waals surface area contributed by atoms with Crippen molar-refractivity contribution in [2.45, 2.75) is 38.1 Å². The van der Waals surface area contributed by atoms with Crippen LogP contribution in [0.3, 0.4) is 0 Å². The Balaban J connectivity index is 2.19. The highest BCUT2D eigenvalue weighted by molar-refractivity contribution is 7.84. The molecule has 0 aliphatic heterocycles. The number of allylic oxidation sites excluding steroid dienone is 1. The zero-order valence-electron chi connectivity index (χ0n) is 15.8. The van der Waals surface area contributed by atoms with Crippen LogP contribution in [0.5, 0.6) is 5.75 Å². The lowest BCUT2D eigenvalue weighted by Gasteiger charge is -2.42. The Morgan fingerprint density at radius 3 is 2.67 bits per heavy atom. The maximum absolute atomic E-state index is 12.9. The fourth-order valence-electron chi connectivity index (χ4n) is 3.04. The summed E-state index contributed by atoms with van der Waals surface area (Å²) < 4.78 is 5.70. The van der Waals surface area contributed by atoms with Gasteiger partial charge in [-0.1, -0.05) is 0 Å². The van der Waals surface area contributed by atoms with Gasteiger partial charge in [0.25, 0.3) is 5.71 Å². The first-order valence-electron chi connectivity index (χ1n) is 8.97. The van der Waals surface area contributed by atoms with Gasteiger partial charge in [0.1, 0.15) is 19.4 Å². The molecule has 1 saturated carbocycles. The summed E-state index contributed by atoms with van der Waals surface area (Å²) in [5, 5.41) is 12.3. The highest BCUT2D eigenvalue weighted by Crippen LogP contribution is 2.34. The monoisotopic (exact) mass is 393 g/mol. The number of anilines is 1. The maximum Gasteiger partial charge on any atom is 0.316 e. The second-order valence-electron chi connectivity index (χ2n) is 6.85. The summed E-state index contributed by atoms with van der Waals surface area (Å²) >= 11 is 4.28. The van der Waals surface area contributed by atoms with E-state index in [0.717, 1.165) is 19.3 Å². The predicted octanol–water partition coefficient (Wildman–Crippen LogP) is -0.312. The topological polar surface area (TPSA) is 125 Å².